The summed E-state index contributed by atoms with van der Waals surface area (Å²) in [6.07, 6.45) is 7.58. The van der Waals surface area contributed by atoms with E-state index in [0.29, 0.717) is 6.04 Å². The van der Waals surface area contributed by atoms with Gasteiger partial charge in [-0.1, -0.05) is 0 Å². The summed E-state index contributed by atoms with van der Waals surface area (Å²) >= 11 is 0. The van der Waals surface area contributed by atoms with Gasteiger partial charge in [0.2, 0.25) is 0 Å². The van der Waals surface area contributed by atoms with Crippen molar-refractivity contribution in [2.24, 2.45) is 0 Å². The van der Waals surface area contributed by atoms with Gasteiger partial charge in [-0.3, -0.25) is 4.98 Å². The molecule has 1 aromatic rings. The maximum atomic E-state index is 4.04. The van der Waals surface area contributed by atoms with Gasteiger partial charge in [0.1, 0.15) is 0 Å². The third-order valence-electron chi connectivity index (χ3n) is 3.53. The summed E-state index contributed by atoms with van der Waals surface area (Å²) in [7, 11) is 2.21. The van der Waals surface area contributed by atoms with Crippen LogP contribution in [0.3, 0.4) is 0 Å². The number of pyridine rings is 1. The van der Waals surface area contributed by atoms with Gasteiger partial charge in [-0.15, -0.1) is 0 Å². The lowest BCUT2D eigenvalue weighted by Crippen LogP contribution is -2.39. The fraction of sp³-hybridized carbons (Fsp3) is 0.643. The number of likely N-dealkylation sites (N-methyl/N-ethyl adjacent to an activating group) is 1. The minimum Gasteiger partial charge on any atom is -0.312 e. The number of hydrogen-bond donors (Lipinski definition) is 1. The molecule has 1 aliphatic rings. The molecule has 0 radical (unpaired) electrons. The Morgan fingerprint density at radius 2 is 2.12 bits per heavy atom. The predicted molar refractivity (Wildman–Crippen MR) is 71.1 cm³/mol. The van der Waals surface area contributed by atoms with Crippen molar-refractivity contribution in [1.82, 2.24) is 15.2 Å². The largest absolute Gasteiger partial charge is 0.312 e. The van der Waals surface area contributed by atoms with Crippen LogP contribution in [-0.4, -0.2) is 42.1 Å². The lowest BCUT2D eigenvalue weighted by molar-refractivity contribution is 0.253. The molecule has 0 aliphatic heterocycles. The zero-order chi connectivity index (χ0) is 12.1. The van der Waals surface area contributed by atoms with Gasteiger partial charge in [0.05, 0.1) is 0 Å². The van der Waals surface area contributed by atoms with E-state index in [2.05, 4.69) is 41.3 Å². The van der Waals surface area contributed by atoms with E-state index in [4.69, 9.17) is 0 Å². The molecule has 3 heteroatoms. The van der Waals surface area contributed by atoms with Crippen LogP contribution in [0.5, 0.6) is 0 Å². The minimum atomic E-state index is 0.609. The minimum absolute atomic E-state index is 0.609. The zero-order valence-corrected chi connectivity index (χ0v) is 10.9. The van der Waals surface area contributed by atoms with Gasteiger partial charge in [0, 0.05) is 37.6 Å². The van der Waals surface area contributed by atoms with Crippen LogP contribution in [0.1, 0.15) is 25.3 Å². The molecule has 0 amide bonds. The van der Waals surface area contributed by atoms with E-state index in [9.17, 15) is 0 Å². The number of aromatic nitrogens is 1. The molecule has 0 aromatic carbocycles. The maximum absolute atomic E-state index is 4.04. The van der Waals surface area contributed by atoms with Gasteiger partial charge in [-0.25, -0.2) is 0 Å². The number of nitrogens with zero attached hydrogens (tertiary/aromatic N) is 2. The molecular formula is C14H23N3. The molecule has 1 saturated carbocycles. The molecule has 1 unspecified atom stereocenters. The molecule has 1 aliphatic carbocycles. The third kappa shape index (κ3) is 4.44. The number of rotatable bonds is 7. The molecule has 1 fully saturated rings. The molecule has 0 bridgehead atoms. The van der Waals surface area contributed by atoms with Crippen LogP contribution >= 0.6 is 0 Å². The average molecular weight is 233 g/mol. The first-order valence-corrected chi connectivity index (χ1v) is 6.58. The van der Waals surface area contributed by atoms with Crippen LogP contribution in [0, 0.1) is 0 Å². The third-order valence-corrected chi connectivity index (χ3v) is 3.53. The summed E-state index contributed by atoms with van der Waals surface area (Å²) < 4.78 is 0. The Hall–Kier alpha value is -0.930. The first-order valence-electron chi connectivity index (χ1n) is 6.58. The van der Waals surface area contributed by atoms with Crippen molar-refractivity contribution < 1.29 is 0 Å². The van der Waals surface area contributed by atoms with Crippen LogP contribution < -0.4 is 5.32 Å². The average Bonchev–Trinajstić information content (AvgIpc) is 3.18. The fourth-order valence-corrected chi connectivity index (χ4v) is 1.86. The molecule has 0 saturated heterocycles. The van der Waals surface area contributed by atoms with E-state index in [-0.39, 0.29) is 0 Å². The second kappa shape index (κ2) is 6.12. The van der Waals surface area contributed by atoms with Crippen molar-refractivity contribution in [2.75, 3.05) is 20.1 Å². The van der Waals surface area contributed by atoms with Crippen molar-refractivity contribution in [3.63, 3.8) is 0 Å². The van der Waals surface area contributed by atoms with Gasteiger partial charge in [0.15, 0.2) is 0 Å². The van der Waals surface area contributed by atoms with Gasteiger partial charge in [-0.05, 0) is 50.9 Å². The normalized spacial score (nSPS) is 17.4. The highest BCUT2D eigenvalue weighted by Gasteiger charge is 2.21. The van der Waals surface area contributed by atoms with Crippen LogP contribution in [0.15, 0.2) is 24.5 Å². The van der Waals surface area contributed by atoms with Gasteiger partial charge < -0.3 is 10.2 Å². The van der Waals surface area contributed by atoms with Crippen molar-refractivity contribution in [1.29, 1.82) is 0 Å². The Morgan fingerprint density at radius 3 is 2.76 bits per heavy atom. The van der Waals surface area contributed by atoms with E-state index >= 15 is 0 Å². The van der Waals surface area contributed by atoms with Crippen LogP contribution in [-0.2, 0) is 6.42 Å². The number of hydrogen-bond acceptors (Lipinski definition) is 3. The lowest BCUT2D eigenvalue weighted by Gasteiger charge is -2.25. The van der Waals surface area contributed by atoms with E-state index in [0.717, 1.165) is 25.6 Å². The lowest BCUT2D eigenvalue weighted by atomic mass is 10.2. The Morgan fingerprint density at radius 1 is 1.41 bits per heavy atom. The second-order valence-electron chi connectivity index (χ2n) is 5.12. The monoisotopic (exact) mass is 233 g/mol. The summed E-state index contributed by atoms with van der Waals surface area (Å²) in [5, 5.41) is 3.58. The van der Waals surface area contributed by atoms with Crippen molar-refractivity contribution >= 4 is 0 Å². The molecule has 1 N–H and O–H groups in total. The second-order valence-corrected chi connectivity index (χ2v) is 5.12. The van der Waals surface area contributed by atoms with Crippen molar-refractivity contribution in [3.05, 3.63) is 30.1 Å². The smallest absolute Gasteiger partial charge is 0.0270 e. The van der Waals surface area contributed by atoms with Gasteiger partial charge in [0.25, 0.3) is 0 Å². The summed E-state index contributed by atoms with van der Waals surface area (Å²) in [6.45, 7) is 4.51. The summed E-state index contributed by atoms with van der Waals surface area (Å²) in [6, 6.07) is 5.62. The van der Waals surface area contributed by atoms with E-state index in [1.165, 1.54) is 18.4 Å². The standard InChI is InChI=1S/C14H23N3/c1-12(11-16-14-3-4-14)17(2)10-7-13-5-8-15-9-6-13/h5-6,8-9,12,14,16H,3-4,7,10-11H2,1-2H3. The van der Waals surface area contributed by atoms with Crippen molar-refractivity contribution in [3.8, 4) is 0 Å². The Kier molecular flexibility index (Phi) is 4.51. The Labute approximate surface area is 104 Å². The molecule has 17 heavy (non-hydrogen) atoms. The predicted octanol–water partition coefficient (Wildman–Crippen LogP) is 1.70. The highest BCUT2D eigenvalue weighted by Crippen LogP contribution is 2.18. The fourth-order valence-electron chi connectivity index (χ4n) is 1.86. The SMILES string of the molecule is CC(CNC1CC1)N(C)CCc1ccncc1. The van der Waals surface area contributed by atoms with Crippen LogP contribution in [0.4, 0.5) is 0 Å². The molecular weight excluding hydrogens is 210 g/mol. The quantitative estimate of drug-likeness (QED) is 0.777. The first kappa shape index (κ1) is 12.5. The number of nitrogens with one attached hydrogen (secondary N) is 1. The molecule has 1 atom stereocenters. The van der Waals surface area contributed by atoms with Crippen molar-refractivity contribution in [2.45, 2.75) is 38.3 Å². The maximum Gasteiger partial charge on any atom is 0.0270 e. The van der Waals surface area contributed by atoms with Crippen LogP contribution in [0.2, 0.25) is 0 Å². The summed E-state index contributed by atoms with van der Waals surface area (Å²) in [4.78, 5) is 6.47. The molecule has 1 aromatic heterocycles. The van der Waals surface area contributed by atoms with E-state index < -0.39 is 0 Å². The molecule has 2 rings (SSSR count). The Balaban J connectivity index is 1.66. The highest BCUT2D eigenvalue weighted by molar-refractivity contribution is 5.09. The molecule has 94 valence electrons. The van der Waals surface area contributed by atoms with E-state index in [1.807, 2.05) is 12.4 Å². The van der Waals surface area contributed by atoms with Crippen LogP contribution in [0.25, 0.3) is 0 Å². The van der Waals surface area contributed by atoms with Gasteiger partial charge in [-0.2, -0.15) is 0 Å². The Bertz CT molecular complexity index is 321. The van der Waals surface area contributed by atoms with E-state index in [1.54, 1.807) is 0 Å². The molecule has 0 spiro atoms. The summed E-state index contributed by atoms with van der Waals surface area (Å²) in [5.41, 5.74) is 1.37. The molecule has 3 nitrogen and oxygen atoms in total. The zero-order valence-electron chi connectivity index (χ0n) is 10.9. The summed E-state index contributed by atoms with van der Waals surface area (Å²) in [5.74, 6) is 0. The molecule has 1 heterocycles. The topological polar surface area (TPSA) is 28.2 Å². The van der Waals surface area contributed by atoms with Gasteiger partial charge >= 0.3 is 0 Å². The highest BCUT2D eigenvalue weighted by atomic mass is 15.1. The first-order chi connectivity index (χ1) is 8.25.